The minimum absolute atomic E-state index is 0.233. The van der Waals surface area contributed by atoms with Crippen molar-refractivity contribution in [1.82, 2.24) is 0 Å². The van der Waals surface area contributed by atoms with Crippen LogP contribution in [0.2, 0.25) is 6.55 Å². The van der Waals surface area contributed by atoms with Crippen molar-refractivity contribution in [3.63, 3.8) is 0 Å². The highest BCUT2D eigenvalue weighted by Crippen LogP contribution is 2.15. The Morgan fingerprint density at radius 3 is 1.79 bits per heavy atom. The van der Waals surface area contributed by atoms with Crippen LogP contribution in [0.15, 0.2) is 0 Å². The first-order chi connectivity index (χ1) is 9.08. The first-order valence-electron chi connectivity index (χ1n) is 7.86. The van der Waals surface area contributed by atoms with E-state index < -0.39 is 8.80 Å². The molecule has 0 amide bonds. The van der Waals surface area contributed by atoms with Crippen LogP contribution in [0.1, 0.15) is 71.6 Å². The molecule has 0 aliphatic carbocycles. The van der Waals surface area contributed by atoms with Gasteiger partial charge in [0.25, 0.3) is 0 Å². The molecule has 4 heteroatoms. The Hall–Kier alpha value is 0.0969. The third kappa shape index (κ3) is 10.5. The molecule has 0 spiro atoms. The highest BCUT2D eigenvalue weighted by atomic mass is 28.4. The molecule has 1 unspecified atom stereocenters. The molecule has 0 aromatic heterocycles. The second-order valence-electron chi connectivity index (χ2n) is 5.46. The number of hydrogen-bond acceptors (Lipinski definition) is 3. The molecule has 0 rings (SSSR count). The van der Waals surface area contributed by atoms with E-state index in [9.17, 15) is 0 Å². The van der Waals surface area contributed by atoms with E-state index in [1.165, 1.54) is 51.4 Å². The molecule has 0 aromatic rings. The van der Waals surface area contributed by atoms with Crippen molar-refractivity contribution in [2.24, 2.45) is 0 Å². The lowest BCUT2D eigenvalue weighted by atomic mass is 10.1. The fraction of sp³-hybridized carbons (Fsp3) is 1.00. The van der Waals surface area contributed by atoms with Crippen molar-refractivity contribution < 1.29 is 13.3 Å². The van der Waals surface area contributed by atoms with E-state index in [2.05, 4.69) is 13.8 Å². The smallest absolute Gasteiger partial charge is 0.377 e. The van der Waals surface area contributed by atoms with Crippen LogP contribution >= 0.6 is 0 Å². The summed E-state index contributed by atoms with van der Waals surface area (Å²) in [7, 11) is 0.980. The third-order valence-corrected chi connectivity index (χ3v) is 5.93. The molecule has 0 radical (unpaired) electrons. The molecule has 19 heavy (non-hydrogen) atoms. The quantitative estimate of drug-likeness (QED) is 0.361. The maximum atomic E-state index is 5.89. The Morgan fingerprint density at radius 2 is 1.32 bits per heavy atom. The van der Waals surface area contributed by atoms with E-state index in [1.807, 2.05) is 6.55 Å². The van der Waals surface area contributed by atoms with E-state index in [0.29, 0.717) is 0 Å². The molecule has 0 fully saturated rings. The summed E-state index contributed by atoms with van der Waals surface area (Å²) in [6.45, 7) is 6.32. The summed E-state index contributed by atoms with van der Waals surface area (Å²) in [4.78, 5) is 0. The summed E-state index contributed by atoms with van der Waals surface area (Å²) in [6.07, 6.45) is 12.2. The lowest BCUT2D eigenvalue weighted by Crippen LogP contribution is -2.42. The van der Waals surface area contributed by atoms with Gasteiger partial charge in [0.15, 0.2) is 0 Å². The van der Waals surface area contributed by atoms with Crippen molar-refractivity contribution in [1.29, 1.82) is 0 Å². The van der Waals surface area contributed by atoms with Crippen LogP contribution in [0.4, 0.5) is 0 Å². The monoisotopic (exact) mass is 290 g/mol. The zero-order chi connectivity index (χ0) is 14.6. The van der Waals surface area contributed by atoms with Crippen molar-refractivity contribution in [2.75, 3.05) is 14.2 Å². The van der Waals surface area contributed by atoms with Gasteiger partial charge in [-0.25, -0.2) is 0 Å². The largest absolute Gasteiger partial charge is 0.497 e. The molecule has 0 N–H and O–H groups in total. The van der Waals surface area contributed by atoms with Crippen LogP contribution in [-0.2, 0) is 13.3 Å². The van der Waals surface area contributed by atoms with Gasteiger partial charge in [-0.3, -0.25) is 0 Å². The van der Waals surface area contributed by atoms with Gasteiger partial charge in [-0.15, -0.1) is 0 Å². The Labute approximate surface area is 121 Å². The maximum absolute atomic E-state index is 5.89. The molecule has 0 aromatic carbocycles. The molecule has 0 aliphatic heterocycles. The van der Waals surface area contributed by atoms with E-state index in [0.717, 1.165) is 6.42 Å². The highest BCUT2D eigenvalue weighted by Gasteiger charge is 2.33. The van der Waals surface area contributed by atoms with Crippen molar-refractivity contribution in [3.05, 3.63) is 0 Å². The maximum Gasteiger partial charge on any atom is 0.497 e. The second-order valence-corrected chi connectivity index (χ2v) is 8.24. The van der Waals surface area contributed by atoms with Gasteiger partial charge in [-0.1, -0.05) is 58.3 Å². The molecule has 3 nitrogen and oxygen atoms in total. The minimum Gasteiger partial charge on any atom is -0.377 e. The van der Waals surface area contributed by atoms with Crippen LogP contribution in [0.5, 0.6) is 0 Å². The van der Waals surface area contributed by atoms with Crippen LogP contribution in [-0.4, -0.2) is 29.1 Å². The standard InChI is InChI=1S/C15H34O3Si/c1-6-7-8-9-10-11-12-13-14-15(2)18-19(5,16-3)17-4/h15H,6-14H2,1-5H3. The molecule has 0 saturated carbocycles. The second kappa shape index (κ2) is 11.9. The van der Waals surface area contributed by atoms with Crippen LogP contribution in [0.3, 0.4) is 0 Å². The normalized spacial score (nSPS) is 13.7. The number of unbranched alkanes of at least 4 members (excludes halogenated alkanes) is 7. The minimum atomic E-state index is -2.35. The van der Waals surface area contributed by atoms with Crippen molar-refractivity contribution >= 4 is 8.80 Å². The first-order valence-corrected chi connectivity index (χ1v) is 10.1. The van der Waals surface area contributed by atoms with Gasteiger partial charge >= 0.3 is 8.80 Å². The van der Waals surface area contributed by atoms with E-state index in [4.69, 9.17) is 13.3 Å². The average Bonchev–Trinajstić information content (AvgIpc) is 2.41. The summed E-state index contributed by atoms with van der Waals surface area (Å²) in [5, 5.41) is 0. The number of hydrogen-bond donors (Lipinski definition) is 0. The molecule has 0 bridgehead atoms. The molecule has 0 heterocycles. The average molecular weight is 291 g/mol. The third-order valence-electron chi connectivity index (χ3n) is 3.62. The predicted molar refractivity (Wildman–Crippen MR) is 83.4 cm³/mol. The molecular weight excluding hydrogens is 256 g/mol. The van der Waals surface area contributed by atoms with Crippen LogP contribution < -0.4 is 0 Å². The SMILES string of the molecule is CCCCCCCCCCC(C)O[Si](C)(OC)OC. The topological polar surface area (TPSA) is 27.7 Å². The molecule has 0 aliphatic rings. The van der Waals surface area contributed by atoms with Crippen LogP contribution in [0, 0.1) is 0 Å². The van der Waals surface area contributed by atoms with E-state index >= 15 is 0 Å². The van der Waals surface area contributed by atoms with Gasteiger partial charge in [-0.05, 0) is 13.3 Å². The molecular formula is C15H34O3Si. The summed E-state index contributed by atoms with van der Waals surface area (Å²) >= 11 is 0. The zero-order valence-corrected chi connectivity index (χ0v) is 14.7. The Balaban J connectivity index is 3.45. The molecule has 116 valence electrons. The van der Waals surface area contributed by atoms with Gasteiger partial charge < -0.3 is 13.3 Å². The van der Waals surface area contributed by atoms with E-state index in [-0.39, 0.29) is 6.10 Å². The lowest BCUT2D eigenvalue weighted by molar-refractivity contribution is 0.0641. The zero-order valence-electron chi connectivity index (χ0n) is 13.7. The first kappa shape index (κ1) is 19.1. The van der Waals surface area contributed by atoms with Gasteiger partial charge in [0, 0.05) is 26.9 Å². The Kier molecular flexibility index (Phi) is 11.9. The fourth-order valence-corrected chi connectivity index (χ4v) is 3.38. The number of rotatable bonds is 13. The van der Waals surface area contributed by atoms with Crippen molar-refractivity contribution in [3.8, 4) is 0 Å². The van der Waals surface area contributed by atoms with Gasteiger partial charge in [0.1, 0.15) is 0 Å². The van der Waals surface area contributed by atoms with Crippen molar-refractivity contribution in [2.45, 2.75) is 84.3 Å². The summed E-state index contributed by atoms with van der Waals surface area (Å²) in [6, 6.07) is 0. The summed E-state index contributed by atoms with van der Waals surface area (Å²) in [5.74, 6) is 0. The fourth-order valence-electron chi connectivity index (χ4n) is 2.17. The van der Waals surface area contributed by atoms with Gasteiger partial charge in [-0.2, -0.15) is 0 Å². The van der Waals surface area contributed by atoms with Gasteiger partial charge in [0.2, 0.25) is 0 Å². The summed E-state index contributed by atoms with van der Waals surface area (Å²) in [5.41, 5.74) is 0. The van der Waals surface area contributed by atoms with E-state index in [1.54, 1.807) is 14.2 Å². The molecule has 1 atom stereocenters. The summed E-state index contributed by atoms with van der Waals surface area (Å²) < 4.78 is 16.6. The van der Waals surface area contributed by atoms with Crippen LogP contribution in [0.25, 0.3) is 0 Å². The predicted octanol–water partition coefficient (Wildman–Crippen LogP) is 4.78. The highest BCUT2D eigenvalue weighted by molar-refractivity contribution is 6.59. The lowest BCUT2D eigenvalue weighted by Gasteiger charge is -2.26. The Bertz CT molecular complexity index is 196. The van der Waals surface area contributed by atoms with Gasteiger partial charge in [0.05, 0.1) is 0 Å². The molecule has 0 saturated heterocycles. The Morgan fingerprint density at radius 1 is 0.842 bits per heavy atom.